The van der Waals surface area contributed by atoms with Crippen LogP contribution in [0, 0.1) is 17.8 Å². The number of halogens is 1. The van der Waals surface area contributed by atoms with E-state index in [1.165, 1.54) is 10.5 Å². The number of aliphatic hydroxyl groups is 2. The number of nitrogens with zero attached hydrogens (tertiary/aromatic N) is 4. The molecule has 0 saturated carbocycles. The Morgan fingerprint density at radius 3 is 2.17 bits per heavy atom. The molecule has 0 spiro atoms. The molecule has 7 rings (SSSR count). The highest BCUT2D eigenvalue weighted by Gasteiger charge is 2.46. The molecule has 3 aliphatic rings. The van der Waals surface area contributed by atoms with Crippen molar-refractivity contribution in [3.05, 3.63) is 99.6 Å². The number of rotatable bonds is 23. The predicted molar refractivity (Wildman–Crippen MR) is 298 cm³/mol. The molecule has 4 heterocycles. The summed E-state index contributed by atoms with van der Waals surface area (Å²) in [7, 11) is 1.83. The summed E-state index contributed by atoms with van der Waals surface area (Å²) >= 11 is 7.99. The second-order valence-electron chi connectivity index (χ2n) is 22.5. The van der Waals surface area contributed by atoms with Gasteiger partial charge in [-0.3, -0.25) is 24.1 Å². The number of hydrogen-bond acceptors (Lipinski definition) is 12. The first-order chi connectivity index (χ1) is 35.7. The van der Waals surface area contributed by atoms with E-state index in [0.717, 1.165) is 86.4 Å². The number of nitrogens with one attached hydrogen (secondary N) is 4. The van der Waals surface area contributed by atoms with Gasteiger partial charge in [-0.25, -0.2) is 4.98 Å². The molecular formula is C58H81ClN8O7S. The van der Waals surface area contributed by atoms with Gasteiger partial charge in [-0.2, -0.15) is 0 Å². The van der Waals surface area contributed by atoms with Crippen molar-refractivity contribution in [2.75, 3.05) is 51.7 Å². The third kappa shape index (κ3) is 14.1. The standard InChI is InChI=1S/C58H81ClN8O7S/c1-10-49(58(7,8)50(11-2)74-44-25-26-46(60-9)45(59)29-44)63-54(71)40-17-15-37(16-18-40)14-12-13-27-65-30-41-23-24-42(31-65)66(41)33-51(70)64-53(57(4,5)6)56(73)67-32-43(69)28-48(67)55(72)62-47(34-68)38-19-21-39(22-20-38)52-36(3)61-35-75-52/h15-22,25-26,29,35,41-43,47-50,53,60,68-69H,10-14,23-24,27-28,30-34H2,1-9H3,(H,62,72)(H,63,71)(H,64,70)/t41?,42?,43-,47+,48?,49+,50+,53-/m1/s1. The average molecular weight is 1070 g/mol. The minimum atomic E-state index is -0.974. The van der Waals surface area contributed by atoms with Gasteiger partial charge in [0.25, 0.3) is 5.91 Å². The summed E-state index contributed by atoms with van der Waals surface area (Å²) in [5.41, 5.74) is 6.03. The molecule has 3 fully saturated rings. The van der Waals surface area contributed by atoms with E-state index in [1.54, 1.807) is 16.8 Å². The molecule has 8 atom stereocenters. The first-order valence-electron chi connectivity index (χ1n) is 27.0. The van der Waals surface area contributed by atoms with Gasteiger partial charge in [-0.05, 0) is 105 Å². The van der Waals surface area contributed by atoms with Crippen LogP contribution in [0.4, 0.5) is 5.69 Å². The van der Waals surface area contributed by atoms with Gasteiger partial charge in [0.05, 0.1) is 52.1 Å². The van der Waals surface area contributed by atoms with Gasteiger partial charge in [0.2, 0.25) is 17.7 Å². The summed E-state index contributed by atoms with van der Waals surface area (Å²) in [6, 6.07) is 18.9. The van der Waals surface area contributed by atoms with E-state index in [0.29, 0.717) is 21.9 Å². The summed E-state index contributed by atoms with van der Waals surface area (Å²) in [6.07, 6.45) is 5.47. The summed E-state index contributed by atoms with van der Waals surface area (Å²) in [5.74, 6) is -0.530. The van der Waals surface area contributed by atoms with E-state index in [-0.39, 0.29) is 67.6 Å². The van der Waals surface area contributed by atoms with Crippen LogP contribution in [0.2, 0.25) is 5.02 Å². The van der Waals surface area contributed by atoms with E-state index >= 15 is 0 Å². The highest BCUT2D eigenvalue weighted by Crippen LogP contribution is 2.36. The fraction of sp³-hybridized carbons (Fsp3) is 0.569. The van der Waals surface area contributed by atoms with Crippen LogP contribution < -0.4 is 26.0 Å². The topological polar surface area (TPSA) is 189 Å². The molecule has 408 valence electrons. The van der Waals surface area contributed by atoms with Gasteiger partial charge >= 0.3 is 0 Å². The predicted octanol–water partition coefficient (Wildman–Crippen LogP) is 8.02. The molecule has 6 N–H and O–H groups in total. The molecule has 17 heteroatoms. The van der Waals surface area contributed by atoms with Gasteiger partial charge in [0.1, 0.15) is 23.9 Å². The Morgan fingerprint density at radius 2 is 1.59 bits per heavy atom. The Bertz CT molecular complexity index is 2560. The number of piperazine rings is 1. The summed E-state index contributed by atoms with van der Waals surface area (Å²) < 4.78 is 6.48. The monoisotopic (exact) mass is 1070 g/mol. The molecule has 3 unspecified atom stereocenters. The van der Waals surface area contributed by atoms with Gasteiger partial charge in [0, 0.05) is 68.3 Å². The SMILES string of the molecule is CC[C@H](NC(=O)c1ccc(CCCCN2CC3CCC(C2)N3CC(=O)N[C@H](C(=O)N2C[C@H](O)CC2C(=O)N[C@@H](CO)c2ccc(-c3scnc3C)cc2)C(C)(C)C)cc1)C(C)(C)[C@H](CC)Oc1ccc(NC)c(Cl)c1. The minimum Gasteiger partial charge on any atom is -0.490 e. The molecule has 1 aromatic heterocycles. The lowest BCUT2D eigenvalue weighted by molar-refractivity contribution is -0.144. The molecule has 0 aliphatic carbocycles. The number of amides is 4. The van der Waals surface area contributed by atoms with E-state index < -0.39 is 41.5 Å². The lowest BCUT2D eigenvalue weighted by atomic mass is 9.76. The van der Waals surface area contributed by atoms with Crippen LogP contribution >= 0.6 is 22.9 Å². The number of ether oxygens (including phenoxy) is 1. The Kier molecular flexibility index (Phi) is 19.5. The number of aromatic nitrogens is 1. The molecular weight excluding hydrogens is 988 g/mol. The van der Waals surface area contributed by atoms with Crippen LogP contribution in [-0.2, 0) is 20.8 Å². The smallest absolute Gasteiger partial charge is 0.251 e. The minimum absolute atomic E-state index is 0.0375. The third-order valence-electron chi connectivity index (χ3n) is 15.8. The highest BCUT2D eigenvalue weighted by molar-refractivity contribution is 7.13. The van der Waals surface area contributed by atoms with Crippen molar-refractivity contribution < 1.29 is 34.1 Å². The van der Waals surface area contributed by atoms with Crippen molar-refractivity contribution >= 4 is 52.3 Å². The Hall–Kier alpha value is -5.10. The average Bonchev–Trinajstić information content (AvgIpc) is 4.06. The van der Waals surface area contributed by atoms with Gasteiger partial charge in [-0.1, -0.05) is 96.5 Å². The number of anilines is 1. The number of fused-ring (bicyclic) bond motifs is 2. The number of β-amino-alcohol motifs (C(OH)–C–C–N with tert-alkyl or cyclic N) is 1. The number of aryl methyl sites for hydroxylation is 2. The summed E-state index contributed by atoms with van der Waals surface area (Å²) in [5, 5.41) is 34.1. The second kappa shape index (κ2) is 25.4. The molecule has 75 heavy (non-hydrogen) atoms. The van der Waals surface area contributed by atoms with Crippen molar-refractivity contribution in [1.29, 1.82) is 0 Å². The largest absolute Gasteiger partial charge is 0.490 e. The maximum absolute atomic E-state index is 14.4. The van der Waals surface area contributed by atoms with Crippen LogP contribution in [0.15, 0.2) is 72.2 Å². The summed E-state index contributed by atoms with van der Waals surface area (Å²) in [4.78, 5) is 67.4. The number of benzene rings is 3. The van der Waals surface area contributed by atoms with E-state index in [9.17, 15) is 29.4 Å². The third-order valence-corrected chi connectivity index (χ3v) is 17.1. The maximum atomic E-state index is 14.4. The zero-order chi connectivity index (χ0) is 54.2. The maximum Gasteiger partial charge on any atom is 0.251 e. The lowest BCUT2D eigenvalue weighted by Crippen LogP contribution is -2.60. The van der Waals surface area contributed by atoms with Crippen molar-refractivity contribution in [2.45, 2.75) is 155 Å². The molecule has 15 nitrogen and oxygen atoms in total. The molecule has 3 aromatic carbocycles. The van der Waals surface area contributed by atoms with E-state index in [1.807, 2.05) is 89.3 Å². The number of hydrogen-bond donors (Lipinski definition) is 6. The number of carbonyl (C=O) groups excluding carboxylic acids is 4. The first kappa shape index (κ1) is 57.6. The van der Waals surface area contributed by atoms with Crippen molar-refractivity contribution in [2.24, 2.45) is 10.8 Å². The van der Waals surface area contributed by atoms with Crippen LogP contribution in [0.25, 0.3) is 10.4 Å². The number of thiazole rings is 1. The molecule has 4 amide bonds. The van der Waals surface area contributed by atoms with Crippen LogP contribution in [-0.4, -0.2) is 142 Å². The van der Waals surface area contributed by atoms with Gasteiger partial charge in [0.15, 0.2) is 0 Å². The molecule has 3 saturated heterocycles. The van der Waals surface area contributed by atoms with Gasteiger partial charge in [-0.15, -0.1) is 11.3 Å². The molecule has 0 radical (unpaired) electrons. The van der Waals surface area contributed by atoms with Crippen LogP contribution in [0.3, 0.4) is 0 Å². The quantitative estimate of drug-likeness (QED) is 0.0395. The number of carbonyl (C=O) groups is 4. The number of unbranched alkanes of at least 4 members (excludes halogenated alkanes) is 1. The molecule has 2 bridgehead atoms. The molecule has 3 aliphatic heterocycles. The number of aliphatic hydroxyl groups excluding tert-OH is 2. The van der Waals surface area contributed by atoms with E-state index in [2.05, 4.69) is 75.9 Å². The lowest BCUT2D eigenvalue weighted by Gasteiger charge is -2.41. The molecule has 4 aromatic rings. The summed E-state index contributed by atoms with van der Waals surface area (Å²) in [6.45, 7) is 18.6. The van der Waals surface area contributed by atoms with Gasteiger partial charge < -0.3 is 46.0 Å². The number of likely N-dealkylation sites (tertiary alicyclic amines) is 2. The fourth-order valence-corrected chi connectivity index (χ4v) is 12.5. The van der Waals surface area contributed by atoms with Crippen LogP contribution in [0.5, 0.6) is 5.75 Å². The normalized spacial score (nSPS) is 20.8. The zero-order valence-corrected chi connectivity index (χ0v) is 47.0. The zero-order valence-electron chi connectivity index (χ0n) is 45.5. The Morgan fingerprint density at radius 1 is 0.893 bits per heavy atom. The van der Waals surface area contributed by atoms with Crippen molar-refractivity contribution in [1.82, 2.24) is 35.6 Å². The Labute approximate surface area is 453 Å². The van der Waals surface area contributed by atoms with Crippen LogP contribution in [0.1, 0.15) is 127 Å². The first-order valence-corrected chi connectivity index (χ1v) is 28.2. The Balaban J connectivity index is 0.857. The fourth-order valence-electron chi connectivity index (χ4n) is 11.4. The van der Waals surface area contributed by atoms with Crippen molar-refractivity contribution in [3.8, 4) is 16.2 Å². The van der Waals surface area contributed by atoms with Crippen molar-refractivity contribution in [3.63, 3.8) is 0 Å². The van der Waals surface area contributed by atoms with E-state index in [4.69, 9.17) is 16.3 Å². The second-order valence-corrected chi connectivity index (χ2v) is 23.8. The highest BCUT2D eigenvalue weighted by atomic mass is 35.5.